The Morgan fingerprint density at radius 3 is 1.70 bits per heavy atom. The summed E-state index contributed by atoms with van der Waals surface area (Å²) >= 11 is 0. The Morgan fingerprint density at radius 1 is 0.741 bits per heavy atom. The van der Waals surface area contributed by atoms with Crippen LogP contribution in [0.1, 0.15) is 110 Å². The number of rotatable bonds is 19. The Balaban J connectivity index is 3.33. The molecule has 0 fully saturated rings. The third-order valence-electron chi connectivity index (χ3n) is 4.67. The highest BCUT2D eigenvalue weighted by molar-refractivity contribution is 7.83. The molecule has 0 aliphatic heterocycles. The van der Waals surface area contributed by atoms with E-state index in [1.807, 2.05) is 0 Å². The van der Waals surface area contributed by atoms with Crippen molar-refractivity contribution < 1.29 is 18.5 Å². The van der Waals surface area contributed by atoms with Crippen LogP contribution in [0.2, 0.25) is 0 Å². The van der Waals surface area contributed by atoms with Crippen LogP contribution in [0, 0.1) is 0 Å². The fourth-order valence-electron chi connectivity index (χ4n) is 2.98. The molecule has 1 unspecified atom stereocenters. The van der Waals surface area contributed by atoms with E-state index in [0.717, 1.165) is 12.8 Å². The summed E-state index contributed by atoms with van der Waals surface area (Å²) in [7, 11) is -0.0626. The summed E-state index contributed by atoms with van der Waals surface area (Å²) in [5, 5.41) is 0. The zero-order chi connectivity index (χ0) is 20.2. The lowest BCUT2D eigenvalue weighted by Crippen LogP contribution is -2.27. The van der Waals surface area contributed by atoms with Crippen LogP contribution in [0.15, 0.2) is 0 Å². The molecule has 0 aliphatic rings. The quantitative estimate of drug-likeness (QED) is 0.238. The number of amides is 1. The van der Waals surface area contributed by atoms with Gasteiger partial charge in [0.25, 0.3) is 0 Å². The van der Waals surface area contributed by atoms with Crippen molar-refractivity contribution >= 4 is 22.9 Å². The Kier molecular flexibility index (Phi) is 19.2. The largest absolute Gasteiger partial charge is 0.469 e. The number of methoxy groups -OCH3 is 1. The summed E-state index contributed by atoms with van der Waals surface area (Å²) in [6.07, 6.45) is 17.7. The Morgan fingerprint density at radius 2 is 1.22 bits per heavy atom. The lowest BCUT2D eigenvalue weighted by molar-refractivity contribution is -0.140. The van der Waals surface area contributed by atoms with E-state index in [0.29, 0.717) is 18.6 Å². The molecule has 1 N–H and O–H groups in total. The zero-order valence-electron chi connectivity index (χ0n) is 17.6. The lowest BCUT2D eigenvalue weighted by Gasteiger charge is -2.05. The Labute approximate surface area is 169 Å². The van der Waals surface area contributed by atoms with Gasteiger partial charge < -0.3 is 4.74 Å². The van der Waals surface area contributed by atoms with E-state index < -0.39 is 11.0 Å². The smallest absolute Gasteiger partial charge is 0.305 e. The van der Waals surface area contributed by atoms with Gasteiger partial charge in [-0.3, -0.25) is 14.3 Å². The van der Waals surface area contributed by atoms with Crippen molar-refractivity contribution in [2.45, 2.75) is 110 Å². The fourth-order valence-corrected chi connectivity index (χ4v) is 3.85. The SMILES string of the molecule is CCCCCCCCCCCCCCCC(=O)NS(=O)CCCC(=O)OC. The molecule has 0 spiro atoms. The maximum atomic E-state index is 11.7. The van der Waals surface area contributed by atoms with E-state index in [2.05, 4.69) is 16.4 Å². The monoisotopic (exact) mass is 403 g/mol. The summed E-state index contributed by atoms with van der Waals surface area (Å²) in [6.45, 7) is 2.25. The van der Waals surface area contributed by atoms with Crippen molar-refractivity contribution in [3.8, 4) is 0 Å². The average Bonchev–Trinajstić information content (AvgIpc) is 2.65. The summed E-state index contributed by atoms with van der Waals surface area (Å²) < 4.78 is 18.7. The molecule has 1 amide bonds. The molecule has 160 valence electrons. The van der Waals surface area contributed by atoms with Gasteiger partial charge in [-0.25, -0.2) is 4.21 Å². The Hall–Kier alpha value is -0.910. The van der Waals surface area contributed by atoms with Gasteiger partial charge in [-0.05, 0) is 12.8 Å². The van der Waals surface area contributed by atoms with Crippen LogP contribution >= 0.6 is 0 Å². The fraction of sp³-hybridized carbons (Fsp3) is 0.905. The minimum Gasteiger partial charge on any atom is -0.469 e. The molecular weight excluding hydrogens is 362 g/mol. The highest BCUT2D eigenvalue weighted by Crippen LogP contribution is 2.12. The van der Waals surface area contributed by atoms with E-state index in [9.17, 15) is 13.8 Å². The molecule has 0 radical (unpaired) electrons. The van der Waals surface area contributed by atoms with E-state index >= 15 is 0 Å². The predicted molar refractivity (Wildman–Crippen MR) is 113 cm³/mol. The van der Waals surface area contributed by atoms with E-state index in [4.69, 9.17) is 0 Å². The third kappa shape index (κ3) is 19.7. The first kappa shape index (κ1) is 26.1. The van der Waals surface area contributed by atoms with Crippen LogP contribution in [-0.4, -0.2) is 28.9 Å². The van der Waals surface area contributed by atoms with Crippen molar-refractivity contribution in [2.24, 2.45) is 0 Å². The van der Waals surface area contributed by atoms with Gasteiger partial charge in [-0.15, -0.1) is 0 Å². The molecule has 5 nitrogen and oxygen atoms in total. The first-order valence-corrected chi connectivity index (χ1v) is 12.2. The number of hydrogen-bond donors (Lipinski definition) is 1. The summed E-state index contributed by atoms with van der Waals surface area (Å²) in [4.78, 5) is 22.7. The maximum Gasteiger partial charge on any atom is 0.305 e. The predicted octanol–water partition coefficient (Wildman–Crippen LogP) is 5.20. The minimum atomic E-state index is -1.39. The highest BCUT2D eigenvalue weighted by atomic mass is 32.2. The summed E-state index contributed by atoms with van der Waals surface area (Å²) in [6, 6.07) is 0. The van der Waals surface area contributed by atoms with Gasteiger partial charge in [0, 0.05) is 18.6 Å². The molecule has 1 atom stereocenters. The summed E-state index contributed by atoms with van der Waals surface area (Å²) in [5.41, 5.74) is 0. The van der Waals surface area contributed by atoms with Gasteiger partial charge in [-0.1, -0.05) is 84.0 Å². The van der Waals surface area contributed by atoms with Gasteiger partial charge in [-0.2, -0.15) is 0 Å². The normalized spacial score (nSPS) is 11.9. The molecule has 0 aliphatic carbocycles. The van der Waals surface area contributed by atoms with Crippen molar-refractivity contribution in [1.29, 1.82) is 0 Å². The highest BCUT2D eigenvalue weighted by Gasteiger charge is 2.07. The van der Waals surface area contributed by atoms with Crippen LogP contribution in [0.4, 0.5) is 0 Å². The van der Waals surface area contributed by atoms with Gasteiger partial charge >= 0.3 is 5.97 Å². The molecule has 0 saturated heterocycles. The lowest BCUT2D eigenvalue weighted by atomic mass is 10.0. The molecule has 0 bridgehead atoms. The average molecular weight is 404 g/mol. The first-order valence-electron chi connectivity index (χ1n) is 10.8. The number of unbranched alkanes of at least 4 members (excludes halogenated alkanes) is 12. The molecule has 0 heterocycles. The van der Waals surface area contributed by atoms with Crippen molar-refractivity contribution in [3.05, 3.63) is 0 Å². The molecule has 0 aromatic rings. The van der Waals surface area contributed by atoms with Crippen LogP contribution in [0.25, 0.3) is 0 Å². The van der Waals surface area contributed by atoms with E-state index in [1.54, 1.807) is 0 Å². The maximum absolute atomic E-state index is 11.7. The minimum absolute atomic E-state index is 0.158. The first-order chi connectivity index (χ1) is 13.1. The molecule has 0 aromatic carbocycles. The molecule has 0 saturated carbocycles. The molecule has 27 heavy (non-hydrogen) atoms. The van der Waals surface area contributed by atoms with Gasteiger partial charge in [0.05, 0.1) is 7.11 Å². The van der Waals surface area contributed by atoms with Crippen molar-refractivity contribution in [2.75, 3.05) is 12.9 Å². The van der Waals surface area contributed by atoms with Gasteiger partial charge in [0.1, 0.15) is 11.0 Å². The standard InChI is InChI=1S/C21H41NO4S/c1-3-4-5-6-7-8-9-10-11-12-13-14-15-17-20(23)22-27(25)19-16-18-21(24)26-2/h3-19H2,1-2H3,(H,22,23). The van der Waals surface area contributed by atoms with E-state index in [-0.39, 0.29) is 18.3 Å². The van der Waals surface area contributed by atoms with E-state index in [1.165, 1.54) is 77.7 Å². The van der Waals surface area contributed by atoms with Crippen molar-refractivity contribution in [1.82, 2.24) is 4.72 Å². The van der Waals surface area contributed by atoms with Crippen molar-refractivity contribution in [3.63, 3.8) is 0 Å². The number of carbonyl (C=O) groups is 2. The molecule has 0 aromatic heterocycles. The second-order valence-corrected chi connectivity index (χ2v) is 8.55. The molecule has 0 rings (SSSR count). The van der Waals surface area contributed by atoms with Crippen LogP contribution < -0.4 is 4.72 Å². The van der Waals surface area contributed by atoms with Crippen LogP contribution in [0.3, 0.4) is 0 Å². The van der Waals surface area contributed by atoms with Crippen LogP contribution in [0.5, 0.6) is 0 Å². The van der Waals surface area contributed by atoms with Gasteiger partial charge in [0.15, 0.2) is 0 Å². The zero-order valence-corrected chi connectivity index (χ0v) is 18.4. The number of nitrogens with one attached hydrogen (secondary N) is 1. The third-order valence-corrected chi connectivity index (χ3v) is 5.79. The second kappa shape index (κ2) is 19.8. The van der Waals surface area contributed by atoms with Gasteiger partial charge in [0.2, 0.25) is 5.91 Å². The second-order valence-electron chi connectivity index (χ2n) is 7.25. The number of carbonyl (C=O) groups excluding carboxylic acids is 2. The Bertz CT molecular complexity index is 402. The summed E-state index contributed by atoms with van der Waals surface area (Å²) in [5.74, 6) is -0.181. The number of ether oxygens (including phenoxy) is 1. The number of esters is 1. The molecular formula is C21H41NO4S. The molecule has 6 heteroatoms. The topological polar surface area (TPSA) is 72.5 Å². The number of hydrogen-bond acceptors (Lipinski definition) is 4. The van der Waals surface area contributed by atoms with Crippen LogP contribution in [-0.2, 0) is 25.3 Å².